The van der Waals surface area contributed by atoms with E-state index in [2.05, 4.69) is 19.1 Å². The molecule has 1 aromatic rings. The molecule has 2 nitrogen and oxygen atoms in total. The highest BCUT2D eigenvalue weighted by Crippen LogP contribution is 2.41. The van der Waals surface area contributed by atoms with E-state index in [-0.39, 0.29) is 18.3 Å². The Morgan fingerprint density at radius 2 is 2.07 bits per heavy atom. The fraction of sp³-hybridized carbons (Fsp3) is 0.538. The summed E-state index contributed by atoms with van der Waals surface area (Å²) in [6.07, 6.45) is 2.90. The number of rotatable bonds is 5. The molecule has 1 fully saturated rings. The zero-order chi connectivity index (χ0) is 10.7. The van der Waals surface area contributed by atoms with Crippen molar-refractivity contribution in [3.8, 4) is 0 Å². The van der Waals surface area contributed by atoms with Crippen molar-refractivity contribution in [2.75, 3.05) is 0 Å². The molecular weight excluding hydrogens is 188 g/mol. The SMILES string of the molecule is CCCCC(O)C1OC1c1ccccc1. The van der Waals surface area contributed by atoms with Gasteiger partial charge < -0.3 is 9.84 Å². The van der Waals surface area contributed by atoms with Gasteiger partial charge >= 0.3 is 0 Å². The van der Waals surface area contributed by atoms with Crippen LogP contribution in [0.25, 0.3) is 0 Å². The molecular formula is C13H18O2. The van der Waals surface area contributed by atoms with E-state index in [1.54, 1.807) is 0 Å². The monoisotopic (exact) mass is 206 g/mol. The molecule has 0 bridgehead atoms. The van der Waals surface area contributed by atoms with Crippen molar-refractivity contribution >= 4 is 0 Å². The fourth-order valence-corrected chi connectivity index (χ4v) is 1.90. The molecule has 2 rings (SSSR count). The lowest BCUT2D eigenvalue weighted by Crippen LogP contribution is -2.14. The highest BCUT2D eigenvalue weighted by molar-refractivity contribution is 5.22. The van der Waals surface area contributed by atoms with Crippen LogP contribution in [0, 0.1) is 0 Å². The summed E-state index contributed by atoms with van der Waals surface area (Å²) in [7, 11) is 0. The van der Waals surface area contributed by atoms with Crippen molar-refractivity contribution < 1.29 is 9.84 Å². The molecule has 1 saturated heterocycles. The van der Waals surface area contributed by atoms with E-state index < -0.39 is 0 Å². The molecule has 1 aliphatic heterocycles. The molecule has 0 radical (unpaired) electrons. The fourth-order valence-electron chi connectivity index (χ4n) is 1.90. The number of hydrogen-bond acceptors (Lipinski definition) is 2. The standard InChI is InChI=1S/C13H18O2/c1-2-3-9-11(14)13-12(15-13)10-7-5-4-6-8-10/h4-8,11-14H,2-3,9H2,1H3. The predicted molar refractivity (Wildman–Crippen MR) is 59.6 cm³/mol. The van der Waals surface area contributed by atoms with Crippen molar-refractivity contribution in [3.05, 3.63) is 35.9 Å². The van der Waals surface area contributed by atoms with Crippen LogP contribution >= 0.6 is 0 Å². The van der Waals surface area contributed by atoms with Gasteiger partial charge in [0.25, 0.3) is 0 Å². The van der Waals surface area contributed by atoms with Crippen LogP contribution in [0.4, 0.5) is 0 Å². The quantitative estimate of drug-likeness (QED) is 0.751. The second-order valence-corrected chi connectivity index (χ2v) is 4.14. The Morgan fingerprint density at radius 1 is 1.33 bits per heavy atom. The summed E-state index contributed by atoms with van der Waals surface area (Å²) < 4.78 is 5.51. The van der Waals surface area contributed by atoms with Crippen molar-refractivity contribution in [3.63, 3.8) is 0 Å². The largest absolute Gasteiger partial charge is 0.390 e. The molecule has 82 valence electrons. The molecule has 0 amide bonds. The predicted octanol–water partition coefficient (Wildman–Crippen LogP) is 2.68. The second kappa shape index (κ2) is 4.77. The van der Waals surface area contributed by atoms with Crippen LogP contribution in [0.15, 0.2) is 30.3 Å². The Kier molecular flexibility index (Phi) is 3.39. The molecule has 0 spiro atoms. The van der Waals surface area contributed by atoms with Gasteiger partial charge in [0.1, 0.15) is 12.2 Å². The summed E-state index contributed by atoms with van der Waals surface area (Å²) in [5.74, 6) is 0. The number of aliphatic hydroxyl groups excluding tert-OH is 1. The number of aliphatic hydroxyl groups is 1. The third kappa shape index (κ3) is 2.58. The van der Waals surface area contributed by atoms with Crippen LogP contribution in [0.5, 0.6) is 0 Å². The smallest absolute Gasteiger partial charge is 0.115 e. The van der Waals surface area contributed by atoms with Gasteiger partial charge in [-0.3, -0.25) is 0 Å². The molecule has 0 aliphatic carbocycles. The number of hydrogen-bond donors (Lipinski definition) is 1. The van der Waals surface area contributed by atoms with Crippen LogP contribution in [0.3, 0.4) is 0 Å². The molecule has 0 saturated carbocycles. The Hall–Kier alpha value is -0.860. The summed E-state index contributed by atoms with van der Waals surface area (Å²) in [4.78, 5) is 0. The summed E-state index contributed by atoms with van der Waals surface area (Å²) >= 11 is 0. The van der Waals surface area contributed by atoms with E-state index in [0.29, 0.717) is 0 Å². The third-order valence-corrected chi connectivity index (χ3v) is 2.89. The zero-order valence-electron chi connectivity index (χ0n) is 9.10. The van der Waals surface area contributed by atoms with Gasteiger partial charge in [0.15, 0.2) is 0 Å². The Bertz CT molecular complexity index is 297. The van der Waals surface area contributed by atoms with Crippen LogP contribution in [0.2, 0.25) is 0 Å². The van der Waals surface area contributed by atoms with E-state index in [1.165, 1.54) is 5.56 Å². The number of unbranched alkanes of at least 4 members (excludes halogenated alkanes) is 1. The third-order valence-electron chi connectivity index (χ3n) is 2.89. The topological polar surface area (TPSA) is 32.8 Å². The average molecular weight is 206 g/mol. The maximum atomic E-state index is 9.83. The molecule has 1 heterocycles. The second-order valence-electron chi connectivity index (χ2n) is 4.14. The molecule has 1 N–H and O–H groups in total. The lowest BCUT2D eigenvalue weighted by Gasteiger charge is -2.05. The van der Waals surface area contributed by atoms with Crippen LogP contribution in [-0.2, 0) is 4.74 Å². The van der Waals surface area contributed by atoms with Gasteiger partial charge in [-0.15, -0.1) is 0 Å². The lowest BCUT2D eigenvalue weighted by atomic mass is 10.0. The summed E-state index contributed by atoms with van der Waals surface area (Å²) in [5.41, 5.74) is 1.18. The van der Waals surface area contributed by atoms with E-state index >= 15 is 0 Å². The minimum atomic E-state index is -0.296. The molecule has 3 atom stereocenters. The van der Waals surface area contributed by atoms with Crippen molar-refractivity contribution in [2.45, 2.75) is 44.5 Å². The zero-order valence-corrected chi connectivity index (χ0v) is 9.10. The first kappa shape index (κ1) is 10.7. The highest BCUT2D eigenvalue weighted by atomic mass is 16.6. The first-order chi connectivity index (χ1) is 7.33. The average Bonchev–Trinajstić information content (AvgIpc) is 3.07. The first-order valence-corrected chi connectivity index (χ1v) is 5.71. The van der Waals surface area contributed by atoms with E-state index in [9.17, 15) is 5.11 Å². The van der Waals surface area contributed by atoms with Crippen molar-refractivity contribution in [2.24, 2.45) is 0 Å². The first-order valence-electron chi connectivity index (χ1n) is 5.71. The Labute approximate surface area is 90.9 Å². The van der Waals surface area contributed by atoms with Gasteiger partial charge in [-0.1, -0.05) is 50.1 Å². The van der Waals surface area contributed by atoms with Crippen molar-refractivity contribution in [1.29, 1.82) is 0 Å². The van der Waals surface area contributed by atoms with Crippen molar-refractivity contribution in [1.82, 2.24) is 0 Å². The van der Waals surface area contributed by atoms with E-state index in [4.69, 9.17) is 4.74 Å². The van der Waals surface area contributed by atoms with Gasteiger partial charge in [-0.25, -0.2) is 0 Å². The molecule has 1 aromatic carbocycles. The number of epoxide rings is 1. The molecule has 3 unspecified atom stereocenters. The van der Waals surface area contributed by atoms with E-state index in [1.807, 2.05) is 18.2 Å². The maximum Gasteiger partial charge on any atom is 0.115 e. The van der Waals surface area contributed by atoms with Gasteiger partial charge in [0, 0.05) is 0 Å². The molecule has 15 heavy (non-hydrogen) atoms. The summed E-state index contributed by atoms with van der Waals surface area (Å²) in [5, 5.41) is 9.83. The highest BCUT2D eigenvalue weighted by Gasteiger charge is 2.44. The summed E-state index contributed by atoms with van der Waals surface area (Å²) in [6, 6.07) is 10.1. The van der Waals surface area contributed by atoms with Crippen LogP contribution in [-0.4, -0.2) is 17.3 Å². The lowest BCUT2D eigenvalue weighted by molar-refractivity contribution is 0.124. The van der Waals surface area contributed by atoms with Gasteiger partial charge in [-0.05, 0) is 12.0 Å². The van der Waals surface area contributed by atoms with Gasteiger partial charge in [0.2, 0.25) is 0 Å². The minimum absolute atomic E-state index is 0.0268. The van der Waals surface area contributed by atoms with Crippen LogP contribution < -0.4 is 0 Å². The van der Waals surface area contributed by atoms with Gasteiger partial charge in [-0.2, -0.15) is 0 Å². The molecule has 0 aromatic heterocycles. The maximum absolute atomic E-state index is 9.83. The van der Waals surface area contributed by atoms with E-state index in [0.717, 1.165) is 19.3 Å². The summed E-state index contributed by atoms with van der Waals surface area (Å²) in [6.45, 7) is 2.13. The number of benzene rings is 1. The Balaban J connectivity index is 1.85. The normalized spacial score (nSPS) is 26.3. The van der Waals surface area contributed by atoms with Gasteiger partial charge in [0.05, 0.1) is 6.10 Å². The Morgan fingerprint density at radius 3 is 2.73 bits per heavy atom. The minimum Gasteiger partial charge on any atom is -0.390 e. The molecule has 2 heteroatoms. The number of ether oxygens (including phenoxy) is 1. The van der Waals surface area contributed by atoms with Crippen LogP contribution in [0.1, 0.15) is 37.9 Å². The molecule has 1 aliphatic rings.